The van der Waals surface area contributed by atoms with E-state index in [1.54, 1.807) is 18.1 Å². The molecule has 0 spiro atoms. The van der Waals surface area contributed by atoms with Gasteiger partial charge in [-0.25, -0.2) is 9.97 Å². The zero-order valence-electron chi connectivity index (χ0n) is 14.3. The first kappa shape index (κ1) is 16.5. The smallest absolute Gasteiger partial charge is 0.229 e. The molecule has 0 aliphatic carbocycles. The topological polar surface area (TPSA) is 59.2 Å². The molecule has 5 nitrogen and oxygen atoms in total. The average molecular weight is 363 g/mol. The zero-order valence-corrected chi connectivity index (χ0v) is 15.1. The van der Waals surface area contributed by atoms with E-state index in [1.807, 2.05) is 54.6 Å². The number of aromatic nitrogens is 2. The highest BCUT2D eigenvalue weighted by Gasteiger charge is 2.16. The third-order valence-corrected chi connectivity index (χ3v) is 5.22. The minimum Gasteiger partial charge on any atom is -0.441 e. The van der Waals surface area contributed by atoms with E-state index >= 15 is 0 Å². The Morgan fingerprint density at radius 2 is 1.88 bits per heavy atom. The molecule has 0 aliphatic rings. The highest BCUT2D eigenvalue weighted by molar-refractivity contribution is 7.22. The molecule has 0 radical (unpaired) electrons. The van der Waals surface area contributed by atoms with Crippen molar-refractivity contribution in [2.24, 2.45) is 0 Å². The molecule has 0 aliphatic heterocycles. The standard InChI is InChI=1S/C20H17N3O2S/c1-23(20-22-15-9-5-6-10-17(15)26-20)19(24)12-11-18-21-13-16(25-18)14-7-3-2-4-8-14/h2-10,13H,11-12H2,1H3. The van der Waals surface area contributed by atoms with Gasteiger partial charge in [0.25, 0.3) is 0 Å². The van der Waals surface area contributed by atoms with Gasteiger partial charge in [-0.3, -0.25) is 9.69 Å². The van der Waals surface area contributed by atoms with Crippen molar-refractivity contribution in [3.8, 4) is 11.3 Å². The molecule has 2 aromatic carbocycles. The number of oxazole rings is 1. The summed E-state index contributed by atoms with van der Waals surface area (Å²) in [6, 6.07) is 17.7. The largest absolute Gasteiger partial charge is 0.441 e. The number of anilines is 1. The fraction of sp³-hybridized carbons (Fsp3) is 0.150. The van der Waals surface area contributed by atoms with Gasteiger partial charge in [0.15, 0.2) is 16.8 Å². The lowest BCUT2D eigenvalue weighted by Crippen LogP contribution is -2.26. The summed E-state index contributed by atoms with van der Waals surface area (Å²) < 4.78 is 6.83. The maximum absolute atomic E-state index is 12.5. The summed E-state index contributed by atoms with van der Waals surface area (Å²) in [6.07, 6.45) is 2.48. The number of nitrogens with zero attached hydrogens (tertiary/aromatic N) is 3. The number of amides is 1. The summed E-state index contributed by atoms with van der Waals surface area (Å²) in [7, 11) is 1.75. The van der Waals surface area contributed by atoms with Gasteiger partial charge in [0, 0.05) is 25.5 Å². The first-order valence-electron chi connectivity index (χ1n) is 8.33. The van der Waals surface area contributed by atoms with Gasteiger partial charge in [-0.2, -0.15) is 0 Å². The number of carbonyl (C=O) groups is 1. The molecule has 4 rings (SSSR count). The first-order chi connectivity index (χ1) is 12.7. The van der Waals surface area contributed by atoms with E-state index in [-0.39, 0.29) is 5.91 Å². The molecule has 2 heterocycles. The van der Waals surface area contributed by atoms with E-state index in [4.69, 9.17) is 4.42 Å². The molecule has 6 heteroatoms. The number of benzene rings is 2. The van der Waals surface area contributed by atoms with Crippen molar-refractivity contribution < 1.29 is 9.21 Å². The van der Waals surface area contributed by atoms with Crippen molar-refractivity contribution in [2.75, 3.05) is 11.9 Å². The Morgan fingerprint density at radius 3 is 2.69 bits per heavy atom. The third kappa shape index (κ3) is 3.36. The molecular weight excluding hydrogens is 346 g/mol. The van der Waals surface area contributed by atoms with Gasteiger partial charge in [-0.05, 0) is 12.1 Å². The van der Waals surface area contributed by atoms with E-state index in [9.17, 15) is 4.79 Å². The van der Waals surface area contributed by atoms with E-state index in [1.165, 1.54) is 11.3 Å². The van der Waals surface area contributed by atoms with E-state index < -0.39 is 0 Å². The van der Waals surface area contributed by atoms with Crippen molar-refractivity contribution in [3.63, 3.8) is 0 Å². The van der Waals surface area contributed by atoms with Crippen LogP contribution in [0.15, 0.2) is 65.2 Å². The Labute approximate surface area is 154 Å². The molecule has 0 saturated carbocycles. The van der Waals surface area contributed by atoms with Crippen molar-refractivity contribution in [3.05, 3.63) is 66.7 Å². The zero-order chi connectivity index (χ0) is 17.9. The van der Waals surface area contributed by atoms with Crippen LogP contribution in [-0.4, -0.2) is 22.9 Å². The number of carbonyl (C=O) groups excluding carboxylic acids is 1. The molecular formula is C20H17N3O2S. The number of rotatable bonds is 5. The van der Waals surface area contributed by atoms with Gasteiger partial charge in [0.2, 0.25) is 5.91 Å². The van der Waals surface area contributed by atoms with Crippen LogP contribution in [0.25, 0.3) is 21.5 Å². The predicted molar refractivity (Wildman–Crippen MR) is 103 cm³/mol. The van der Waals surface area contributed by atoms with Crippen LogP contribution >= 0.6 is 11.3 Å². The van der Waals surface area contributed by atoms with Crippen LogP contribution in [0.5, 0.6) is 0 Å². The summed E-state index contributed by atoms with van der Waals surface area (Å²) in [5.74, 6) is 1.27. The second kappa shape index (κ2) is 7.09. The molecule has 0 fully saturated rings. The molecule has 0 N–H and O–H groups in total. The molecule has 1 amide bonds. The van der Waals surface area contributed by atoms with Gasteiger partial charge in [-0.1, -0.05) is 53.8 Å². The second-order valence-electron chi connectivity index (χ2n) is 5.90. The monoisotopic (exact) mass is 363 g/mol. The maximum Gasteiger partial charge on any atom is 0.229 e. The number of para-hydroxylation sites is 1. The van der Waals surface area contributed by atoms with Gasteiger partial charge >= 0.3 is 0 Å². The van der Waals surface area contributed by atoms with E-state index in [0.717, 1.165) is 15.8 Å². The Balaban J connectivity index is 1.41. The van der Waals surface area contributed by atoms with Crippen LogP contribution in [0.4, 0.5) is 5.13 Å². The summed E-state index contributed by atoms with van der Waals surface area (Å²) in [5.41, 5.74) is 1.89. The van der Waals surface area contributed by atoms with Crippen molar-refractivity contribution in [1.29, 1.82) is 0 Å². The van der Waals surface area contributed by atoms with Crippen LogP contribution in [0.1, 0.15) is 12.3 Å². The van der Waals surface area contributed by atoms with E-state index in [0.29, 0.717) is 29.6 Å². The molecule has 130 valence electrons. The lowest BCUT2D eigenvalue weighted by atomic mass is 10.2. The third-order valence-electron chi connectivity index (χ3n) is 4.11. The molecule has 0 bridgehead atoms. The average Bonchev–Trinajstić information content (AvgIpc) is 3.33. The van der Waals surface area contributed by atoms with E-state index in [2.05, 4.69) is 9.97 Å². The normalized spacial score (nSPS) is 11.0. The molecule has 0 atom stereocenters. The number of fused-ring (bicyclic) bond motifs is 1. The van der Waals surface area contributed by atoms with Crippen molar-refractivity contribution in [1.82, 2.24) is 9.97 Å². The van der Waals surface area contributed by atoms with Gasteiger partial charge < -0.3 is 4.42 Å². The molecule has 4 aromatic rings. The lowest BCUT2D eigenvalue weighted by molar-refractivity contribution is -0.118. The number of thiazole rings is 1. The number of hydrogen-bond acceptors (Lipinski definition) is 5. The van der Waals surface area contributed by atoms with Gasteiger partial charge in [0.1, 0.15) is 0 Å². The fourth-order valence-electron chi connectivity index (χ4n) is 2.65. The first-order valence-corrected chi connectivity index (χ1v) is 9.14. The summed E-state index contributed by atoms with van der Waals surface area (Å²) in [4.78, 5) is 22.9. The minimum atomic E-state index is -0.0106. The Kier molecular flexibility index (Phi) is 4.50. The molecule has 0 unspecified atom stereocenters. The fourth-order valence-corrected chi connectivity index (χ4v) is 3.60. The van der Waals surface area contributed by atoms with Crippen LogP contribution in [-0.2, 0) is 11.2 Å². The summed E-state index contributed by atoms with van der Waals surface area (Å²) >= 11 is 1.51. The van der Waals surface area contributed by atoms with Crippen LogP contribution < -0.4 is 4.90 Å². The summed E-state index contributed by atoms with van der Waals surface area (Å²) in [6.45, 7) is 0. The Hall–Kier alpha value is -2.99. The predicted octanol–water partition coefficient (Wildman–Crippen LogP) is 4.55. The Morgan fingerprint density at radius 1 is 1.12 bits per heavy atom. The second-order valence-corrected chi connectivity index (χ2v) is 6.91. The molecule has 2 aromatic heterocycles. The quantitative estimate of drug-likeness (QED) is 0.522. The minimum absolute atomic E-state index is 0.0106. The maximum atomic E-state index is 12.5. The highest BCUT2D eigenvalue weighted by atomic mass is 32.1. The number of aryl methyl sites for hydroxylation is 1. The van der Waals surface area contributed by atoms with Gasteiger partial charge in [0.05, 0.1) is 16.4 Å². The van der Waals surface area contributed by atoms with Crippen LogP contribution in [0.3, 0.4) is 0 Å². The van der Waals surface area contributed by atoms with Crippen LogP contribution in [0.2, 0.25) is 0 Å². The van der Waals surface area contributed by atoms with Gasteiger partial charge in [-0.15, -0.1) is 0 Å². The molecule has 0 saturated heterocycles. The molecule has 26 heavy (non-hydrogen) atoms. The van der Waals surface area contributed by atoms with Crippen LogP contribution in [0, 0.1) is 0 Å². The SMILES string of the molecule is CN(C(=O)CCc1ncc(-c2ccccc2)o1)c1nc2ccccc2s1. The van der Waals surface area contributed by atoms with Crippen molar-refractivity contribution in [2.45, 2.75) is 12.8 Å². The highest BCUT2D eigenvalue weighted by Crippen LogP contribution is 2.28. The lowest BCUT2D eigenvalue weighted by Gasteiger charge is -2.12. The summed E-state index contributed by atoms with van der Waals surface area (Å²) in [5, 5.41) is 0.702. The Bertz CT molecular complexity index is 1010. The van der Waals surface area contributed by atoms with Crippen molar-refractivity contribution >= 4 is 32.6 Å². The number of hydrogen-bond donors (Lipinski definition) is 0.